The maximum atomic E-state index is 13.0. The average molecular weight is 369 g/mol. The van der Waals surface area contributed by atoms with Crippen molar-refractivity contribution < 1.29 is 23.2 Å². The van der Waals surface area contributed by atoms with Gasteiger partial charge in [0.05, 0.1) is 12.7 Å². The Labute approximate surface area is 154 Å². The van der Waals surface area contributed by atoms with Crippen LogP contribution in [0.4, 0.5) is 10.1 Å². The monoisotopic (exact) mass is 369 g/mol. The summed E-state index contributed by atoms with van der Waals surface area (Å²) in [5, 5.41) is 6.52. The lowest BCUT2D eigenvalue weighted by Gasteiger charge is -2.06. The minimum atomic E-state index is -0.481. The zero-order chi connectivity index (χ0) is 19.2. The summed E-state index contributed by atoms with van der Waals surface area (Å²) in [4.78, 5) is 27.8. The van der Waals surface area contributed by atoms with E-state index in [1.807, 2.05) is 0 Å². The minimum Gasteiger partial charge on any atom is -0.465 e. The fourth-order valence-electron chi connectivity index (χ4n) is 2.36. The van der Waals surface area contributed by atoms with Gasteiger partial charge in [-0.2, -0.15) is 4.98 Å². The molecule has 1 heterocycles. The van der Waals surface area contributed by atoms with Crippen LogP contribution in [0.2, 0.25) is 0 Å². The lowest BCUT2D eigenvalue weighted by Crippen LogP contribution is -2.13. The number of halogens is 1. The van der Waals surface area contributed by atoms with Crippen LogP contribution in [0, 0.1) is 5.82 Å². The van der Waals surface area contributed by atoms with Crippen LogP contribution < -0.4 is 5.32 Å². The fraction of sp³-hybridized carbons (Fsp3) is 0.158. The Morgan fingerprint density at radius 1 is 1.19 bits per heavy atom. The Hall–Kier alpha value is -3.55. The van der Waals surface area contributed by atoms with Gasteiger partial charge >= 0.3 is 5.97 Å². The second-order valence-corrected chi connectivity index (χ2v) is 5.64. The Balaban J connectivity index is 1.57. The molecule has 0 atom stereocenters. The Morgan fingerprint density at radius 3 is 2.70 bits per heavy atom. The quantitative estimate of drug-likeness (QED) is 0.671. The number of anilines is 1. The number of carbonyl (C=O) groups is 2. The van der Waals surface area contributed by atoms with Crippen LogP contribution in [0.15, 0.2) is 53.1 Å². The van der Waals surface area contributed by atoms with Gasteiger partial charge in [0.25, 0.3) is 0 Å². The van der Waals surface area contributed by atoms with Crippen molar-refractivity contribution in [2.24, 2.45) is 0 Å². The third kappa shape index (κ3) is 4.75. The molecule has 0 unspecified atom stereocenters. The van der Waals surface area contributed by atoms with Crippen molar-refractivity contribution in [3.8, 4) is 11.4 Å². The summed E-state index contributed by atoms with van der Waals surface area (Å²) in [5.41, 5.74) is 1.45. The van der Waals surface area contributed by atoms with Crippen molar-refractivity contribution in [2.75, 3.05) is 12.4 Å². The zero-order valence-electron chi connectivity index (χ0n) is 14.4. The molecule has 8 heteroatoms. The van der Waals surface area contributed by atoms with Crippen LogP contribution in [0.3, 0.4) is 0 Å². The highest BCUT2D eigenvalue weighted by molar-refractivity contribution is 5.94. The zero-order valence-corrected chi connectivity index (χ0v) is 14.4. The molecular formula is C19H16FN3O4. The van der Waals surface area contributed by atoms with Gasteiger partial charge in [-0.1, -0.05) is 11.2 Å². The molecule has 1 N–H and O–H groups in total. The predicted octanol–water partition coefficient (Wildman–Crippen LogP) is 3.23. The number of rotatable bonds is 6. The number of hydrogen-bond donors (Lipinski definition) is 1. The maximum Gasteiger partial charge on any atom is 0.337 e. The van der Waals surface area contributed by atoms with E-state index in [1.165, 1.54) is 25.3 Å². The highest BCUT2D eigenvalue weighted by atomic mass is 19.1. The van der Waals surface area contributed by atoms with Gasteiger partial charge < -0.3 is 14.6 Å². The van der Waals surface area contributed by atoms with E-state index < -0.39 is 5.97 Å². The van der Waals surface area contributed by atoms with Crippen molar-refractivity contribution in [3.05, 3.63) is 65.8 Å². The predicted molar refractivity (Wildman–Crippen MR) is 94.4 cm³/mol. The first kappa shape index (κ1) is 18.2. The molecule has 138 valence electrons. The molecule has 27 heavy (non-hydrogen) atoms. The molecule has 1 amide bonds. The summed E-state index contributed by atoms with van der Waals surface area (Å²) < 4.78 is 22.7. The largest absolute Gasteiger partial charge is 0.465 e. The van der Waals surface area contributed by atoms with Crippen molar-refractivity contribution in [2.45, 2.75) is 12.8 Å². The van der Waals surface area contributed by atoms with E-state index in [0.29, 0.717) is 28.5 Å². The number of nitrogens with one attached hydrogen (secondary N) is 1. The highest BCUT2D eigenvalue weighted by Crippen LogP contribution is 2.17. The SMILES string of the molecule is COC(=O)c1cccc(NC(=O)CCc2nc(-c3ccc(F)cc3)no2)c1. The molecule has 0 aliphatic rings. The van der Waals surface area contributed by atoms with E-state index in [0.717, 1.165) is 0 Å². The van der Waals surface area contributed by atoms with Gasteiger partial charge in [0.2, 0.25) is 17.6 Å². The molecule has 0 radical (unpaired) electrons. The molecule has 0 saturated heterocycles. The molecule has 2 aromatic carbocycles. The van der Waals surface area contributed by atoms with Crippen LogP contribution in [-0.2, 0) is 16.0 Å². The number of aryl methyl sites for hydroxylation is 1. The summed E-state index contributed by atoms with van der Waals surface area (Å²) >= 11 is 0. The third-order valence-corrected chi connectivity index (χ3v) is 3.70. The summed E-state index contributed by atoms with van der Waals surface area (Å²) in [6.07, 6.45) is 0.365. The second kappa shape index (κ2) is 8.22. The lowest BCUT2D eigenvalue weighted by atomic mass is 10.2. The maximum absolute atomic E-state index is 13.0. The summed E-state index contributed by atoms with van der Waals surface area (Å²) in [5.74, 6) is -0.469. The van der Waals surface area contributed by atoms with Gasteiger partial charge in [-0.3, -0.25) is 4.79 Å². The number of benzene rings is 2. The van der Waals surface area contributed by atoms with Crippen molar-refractivity contribution in [1.29, 1.82) is 0 Å². The van der Waals surface area contributed by atoms with Gasteiger partial charge in [0.1, 0.15) is 5.82 Å². The van der Waals surface area contributed by atoms with E-state index in [1.54, 1.807) is 30.3 Å². The van der Waals surface area contributed by atoms with Crippen LogP contribution in [0.1, 0.15) is 22.7 Å². The molecule has 1 aromatic heterocycles. The number of esters is 1. The van der Waals surface area contributed by atoms with Crippen LogP contribution in [0.5, 0.6) is 0 Å². The number of amides is 1. The molecule has 7 nitrogen and oxygen atoms in total. The standard InChI is InChI=1S/C19H16FN3O4/c1-26-19(25)13-3-2-4-15(11-13)21-16(24)9-10-17-22-18(23-27-17)12-5-7-14(20)8-6-12/h2-8,11H,9-10H2,1H3,(H,21,24). The van der Waals surface area contributed by atoms with Crippen LogP contribution in [0.25, 0.3) is 11.4 Å². The highest BCUT2D eigenvalue weighted by Gasteiger charge is 2.12. The molecule has 3 aromatic rings. The van der Waals surface area contributed by atoms with E-state index in [4.69, 9.17) is 4.52 Å². The second-order valence-electron chi connectivity index (χ2n) is 5.64. The van der Waals surface area contributed by atoms with Crippen LogP contribution >= 0.6 is 0 Å². The number of ether oxygens (including phenoxy) is 1. The molecular weight excluding hydrogens is 353 g/mol. The normalized spacial score (nSPS) is 10.4. The number of carbonyl (C=O) groups excluding carboxylic acids is 2. The summed E-state index contributed by atoms with van der Waals surface area (Å²) in [7, 11) is 1.29. The minimum absolute atomic E-state index is 0.119. The molecule has 0 bridgehead atoms. The first-order valence-electron chi connectivity index (χ1n) is 8.12. The van der Waals surface area contributed by atoms with Crippen LogP contribution in [-0.4, -0.2) is 29.1 Å². The van der Waals surface area contributed by atoms with Gasteiger partial charge in [0.15, 0.2) is 0 Å². The molecule has 0 fully saturated rings. The smallest absolute Gasteiger partial charge is 0.337 e. The number of methoxy groups -OCH3 is 1. The Bertz CT molecular complexity index is 954. The number of aromatic nitrogens is 2. The first-order chi connectivity index (χ1) is 13.0. The topological polar surface area (TPSA) is 94.3 Å². The van der Waals surface area contributed by atoms with Gasteiger partial charge in [-0.25, -0.2) is 9.18 Å². The van der Waals surface area contributed by atoms with E-state index >= 15 is 0 Å². The number of nitrogens with zero attached hydrogens (tertiary/aromatic N) is 2. The number of hydrogen-bond acceptors (Lipinski definition) is 6. The van der Waals surface area contributed by atoms with E-state index in [-0.39, 0.29) is 24.6 Å². The molecule has 3 rings (SSSR count). The third-order valence-electron chi connectivity index (χ3n) is 3.70. The fourth-order valence-corrected chi connectivity index (χ4v) is 2.36. The molecule has 0 saturated carbocycles. The van der Waals surface area contributed by atoms with Gasteiger partial charge in [0, 0.05) is 24.1 Å². The van der Waals surface area contributed by atoms with E-state index in [9.17, 15) is 14.0 Å². The Kier molecular flexibility index (Phi) is 5.55. The molecule has 0 aliphatic heterocycles. The summed E-state index contributed by atoms with van der Waals surface area (Å²) in [6.45, 7) is 0. The van der Waals surface area contributed by atoms with Gasteiger partial charge in [-0.15, -0.1) is 0 Å². The first-order valence-corrected chi connectivity index (χ1v) is 8.12. The molecule has 0 aliphatic carbocycles. The Morgan fingerprint density at radius 2 is 1.96 bits per heavy atom. The average Bonchev–Trinajstić information content (AvgIpc) is 3.15. The van der Waals surface area contributed by atoms with Crippen molar-refractivity contribution >= 4 is 17.6 Å². The lowest BCUT2D eigenvalue weighted by molar-refractivity contribution is -0.116. The van der Waals surface area contributed by atoms with Crippen molar-refractivity contribution in [1.82, 2.24) is 10.1 Å². The summed E-state index contributed by atoms with van der Waals surface area (Å²) in [6, 6.07) is 12.1. The molecule has 0 spiro atoms. The van der Waals surface area contributed by atoms with Gasteiger partial charge in [-0.05, 0) is 42.5 Å². The van der Waals surface area contributed by atoms with E-state index in [2.05, 4.69) is 20.2 Å². The van der Waals surface area contributed by atoms with Crippen molar-refractivity contribution in [3.63, 3.8) is 0 Å².